The average Bonchev–Trinajstić information content (AvgIpc) is 2.65. The third kappa shape index (κ3) is 6.96. The summed E-state index contributed by atoms with van der Waals surface area (Å²) in [6.45, 7) is 18.2. The van der Waals surface area contributed by atoms with Crippen LogP contribution in [0.2, 0.25) is 0 Å². The highest BCUT2D eigenvalue weighted by Crippen LogP contribution is 2.14. The Kier molecular flexibility index (Phi) is 8.92. The third-order valence-corrected chi connectivity index (χ3v) is 4.85. The SMILES string of the molecule is CCNC(=NCc1ccccc1CN1CCN(CC)CC1)NCC(C)C. The maximum Gasteiger partial charge on any atom is 0.191 e. The Morgan fingerprint density at radius 3 is 2.27 bits per heavy atom. The van der Waals surface area contributed by atoms with Crippen molar-refractivity contribution in [2.24, 2.45) is 10.9 Å². The van der Waals surface area contributed by atoms with Gasteiger partial charge in [-0.3, -0.25) is 4.90 Å². The van der Waals surface area contributed by atoms with Crippen molar-refractivity contribution >= 4 is 5.96 Å². The first kappa shape index (κ1) is 20.7. The van der Waals surface area contributed by atoms with Crippen molar-refractivity contribution in [2.75, 3.05) is 45.8 Å². The van der Waals surface area contributed by atoms with Crippen LogP contribution in [0, 0.1) is 5.92 Å². The summed E-state index contributed by atoms with van der Waals surface area (Å²) in [5.74, 6) is 1.51. The van der Waals surface area contributed by atoms with Crippen molar-refractivity contribution in [3.63, 3.8) is 0 Å². The van der Waals surface area contributed by atoms with Gasteiger partial charge in [0.1, 0.15) is 0 Å². The van der Waals surface area contributed by atoms with Crippen LogP contribution in [0.5, 0.6) is 0 Å². The number of likely N-dealkylation sites (N-methyl/N-ethyl adjacent to an activating group) is 1. The molecule has 1 heterocycles. The summed E-state index contributed by atoms with van der Waals surface area (Å²) in [7, 11) is 0. The van der Waals surface area contributed by atoms with Gasteiger partial charge in [-0.2, -0.15) is 0 Å². The van der Waals surface area contributed by atoms with Gasteiger partial charge in [0.15, 0.2) is 5.96 Å². The summed E-state index contributed by atoms with van der Waals surface area (Å²) in [6, 6.07) is 8.74. The van der Waals surface area contributed by atoms with Crippen LogP contribution < -0.4 is 10.6 Å². The highest BCUT2D eigenvalue weighted by molar-refractivity contribution is 5.79. The predicted octanol–water partition coefficient (Wildman–Crippen LogP) is 2.54. The first-order chi connectivity index (χ1) is 12.6. The Morgan fingerprint density at radius 1 is 1.00 bits per heavy atom. The molecule has 26 heavy (non-hydrogen) atoms. The van der Waals surface area contributed by atoms with Crippen molar-refractivity contribution in [3.8, 4) is 0 Å². The first-order valence-electron chi connectivity index (χ1n) is 10.2. The van der Waals surface area contributed by atoms with Gasteiger partial charge in [-0.25, -0.2) is 4.99 Å². The molecule has 1 fully saturated rings. The summed E-state index contributed by atoms with van der Waals surface area (Å²) >= 11 is 0. The van der Waals surface area contributed by atoms with E-state index in [1.54, 1.807) is 0 Å². The molecule has 1 aliphatic heterocycles. The number of aliphatic imine (C=N–C) groups is 1. The molecule has 146 valence electrons. The number of nitrogens with zero attached hydrogens (tertiary/aromatic N) is 3. The topological polar surface area (TPSA) is 42.9 Å². The Bertz CT molecular complexity index is 547. The van der Waals surface area contributed by atoms with Gasteiger partial charge in [0.05, 0.1) is 6.54 Å². The second-order valence-corrected chi connectivity index (χ2v) is 7.45. The minimum Gasteiger partial charge on any atom is -0.357 e. The summed E-state index contributed by atoms with van der Waals surface area (Å²) in [6.07, 6.45) is 0. The van der Waals surface area contributed by atoms with E-state index >= 15 is 0 Å². The van der Waals surface area contributed by atoms with Crippen LogP contribution >= 0.6 is 0 Å². The molecular formula is C21H37N5. The van der Waals surface area contributed by atoms with Crippen LogP contribution in [0.3, 0.4) is 0 Å². The normalized spacial score (nSPS) is 16.9. The molecule has 1 aromatic rings. The number of guanidine groups is 1. The van der Waals surface area contributed by atoms with Gasteiger partial charge in [0.25, 0.3) is 0 Å². The van der Waals surface area contributed by atoms with E-state index in [1.807, 2.05) is 0 Å². The zero-order valence-corrected chi connectivity index (χ0v) is 17.1. The molecule has 0 amide bonds. The van der Waals surface area contributed by atoms with Crippen molar-refractivity contribution < 1.29 is 0 Å². The lowest BCUT2D eigenvalue weighted by Crippen LogP contribution is -2.45. The quantitative estimate of drug-likeness (QED) is 0.553. The largest absolute Gasteiger partial charge is 0.357 e. The minimum absolute atomic E-state index is 0.605. The van der Waals surface area contributed by atoms with Gasteiger partial charge in [0.2, 0.25) is 0 Å². The number of nitrogens with one attached hydrogen (secondary N) is 2. The molecule has 0 unspecified atom stereocenters. The lowest BCUT2D eigenvalue weighted by atomic mass is 10.1. The summed E-state index contributed by atoms with van der Waals surface area (Å²) < 4.78 is 0. The summed E-state index contributed by atoms with van der Waals surface area (Å²) in [5.41, 5.74) is 2.73. The van der Waals surface area contributed by atoms with E-state index in [0.29, 0.717) is 5.92 Å². The molecule has 0 spiro atoms. The van der Waals surface area contributed by atoms with Crippen LogP contribution in [-0.2, 0) is 13.1 Å². The van der Waals surface area contributed by atoms with Crippen LogP contribution in [0.15, 0.2) is 29.3 Å². The molecule has 5 heteroatoms. The molecule has 0 bridgehead atoms. The van der Waals surface area contributed by atoms with E-state index in [2.05, 4.69) is 72.4 Å². The first-order valence-corrected chi connectivity index (χ1v) is 10.2. The average molecular weight is 360 g/mol. The van der Waals surface area contributed by atoms with Crippen molar-refractivity contribution in [3.05, 3.63) is 35.4 Å². The van der Waals surface area contributed by atoms with Crippen molar-refractivity contribution in [1.29, 1.82) is 0 Å². The van der Waals surface area contributed by atoms with E-state index < -0.39 is 0 Å². The fourth-order valence-corrected chi connectivity index (χ4v) is 3.18. The van der Waals surface area contributed by atoms with Crippen molar-refractivity contribution in [1.82, 2.24) is 20.4 Å². The van der Waals surface area contributed by atoms with Gasteiger partial charge in [0, 0.05) is 45.8 Å². The molecule has 0 aromatic heterocycles. The summed E-state index contributed by atoms with van der Waals surface area (Å²) in [5, 5.41) is 6.77. The predicted molar refractivity (Wildman–Crippen MR) is 111 cm³/mol. The maximum atomic E-state index is 4.80. The van der Waals surface area contributed by atoms with Crippen LogP contribution in [-0.4, -0.2) is 61.6 Å². The molecule has 0 radical (unpaired) electrons. The fraction of sp³-hybridized carbons (Fsp3) is 0.667. The fourth-order valence-electron chi connectivity index (χ4n) is 3.18. The van der Waals surface area contributed by atoms with Crippen LogP contribution in [0.1, 0.15) is 38.8 Å². The number of piperazine rings is 1. The Labute approximate surface area is 159 Å². The molecule has 2 N–H and O–H groups in total. The number of rotatable bonds is 8. The van der Waals surface area contributed by atoms with Crippen LogP contribution in [0.25, 0.3) is 0 Å². The zero-order chi connectivity index (χ0) is 18.8. The van der Waals surface area contributed by atoms with Crippen molar-refractivity contribution in [2.45, 2.75) is 40.8 Å². The molecule has 0 atom stereocenters. The van der Waals surface area contributed by atoms with E-state index in [9.17, 15) is 0 Å². The van der Waals surface area contributed by atoms with Crippen LogP contribution in [0.4, 0.5) is 0 Å². The molecule has 1 aliphatic rings. The standard InChI is InChI=1S/C21H37N5/c1-5-22-21(23-15-18(3)4)24-16-19-9-7-8-10-20(19)17-26-13-11-25(6-2)12-14-26/h7-10,18H,5-6,11-17H2,1-4H3,(H2,22,23,24). The monoisotopic (exact) mass is 359 g/mol. The summed E-state index contributed by atoms with van der Waals surface area (Å²) in [4.78, 5) is 9.89. The van der Waals surface area contributed by atoms with E-state index in [4.69, 9.17) is 4.99 Å². The zero-order valence-electron chi connectivity index (χ0n) is 17.1. The Morgan fingerprint density at radius 2 is 1.65 bits per heavy atom. The number of benzene rings is 1. The molecule has 2 rings (SSSR count). The minimum atomic E-state index is 0.605. The smallest absolute Gasteiger partial charge is 0.191 e. The lowest BCUT2D eigenvalue weighted by Gasteiger charge is -2.34. The molecule has 5 nitrogen and oxygen atoms in total. The lowest BCUT2D eigenvalue weighted by molar-refractivity contribution is 0.131. The Hall–Kier alpha value is -1.59. The Balaban J connectivity index is 1.97. The van der Waals surface area contributed by atoms with Gasteiger partial charge < -0.3 is 15.5 Å². The molecule has 1 aromatic carbocycles. The van der Waals surface area contributed by atoms with Gasteiger partial charge >= 0.3 is 0 Å². The van der Waals surface area contributed by atoms with E-state index in [0.717, 1.165) is 51.8 Å². The second kappa shape index (κ2) is 11.2. The number of hydrogen-bond donors (Lipinski definition) is 2. The van der Waals surface area contributed by atoms with Gasteiger partial charge in [-0.05, 0) is 30.5 Å². The highest BCUT2D eigenvalue weighted by Gasteiger charge is 2.16. The molecule has 0 aliphatic carbocycles. The molecule has 0 saturated carbocycles. The maximum absolute atomic E-state index is 4.80. The van der Waals surface area contributed by atoms with Gasteiger partial charge in [-0.15, -0.1) is 0 Å². The van der Waals surface area contributed by atoms with Gasteiger partial charge in [-0.1, -0.05) is 45.0 Å². The highest BCUT2D eigenvalue weighted by atomic mass is 15.3. The second-order valence-electron chi connectivity index (χ2n) is 7.45. The van der Waals surface area contributed by atoms with E-state index in [1.165, 1.54) is 24.2 Å². The number of hydrogen-bond acceptors (Lipinski definition) is 3. The third-order valence-electron chi connectivity index (χ3n) is 4.85. The van der Waals surface area contributed by atoms with E-state index in [-0.39, 0.29) is 0 Å². The molecule has 1 saturated heterocycles. The molecular weight excluding hydrogens is 322 g/mol.